The molecular formula is C17H25NO2. The van der Waals surface area contributed by atoms with E-state index in [1.165, 1.54) is 31.2 Å². The first kappa shape index (κ1) is 13.7. The summed E-state index contributed by atoms with van der Waals surface area (Å²) in [5.41, 5.74) is 1.74. The van der Waals surface area contributed by atoms with Crippen molar-refractivity contribution in [3.8, 4) is 11.5 Å². The van der Waals surface area contributed by atoms with E-state index in [1.807, 2.05) is 6.07 Å². The van der Waals surface area contributed by atoms with Crippen molar-refractivity contribution < 1.29 is 9.47 Å². The zero-order chi connectivity index (χ0) is 14.0. The highest BCUT2D eigenvalue weighted by Gasteiger charge is 2.26. The van der Waals surface area contributed by atoms with Gasteiger partial charge in [0.05, 0.1) is 0 Å². The molecule has 1 fully saturated rings. The molecule has 3 nitrogen and oxygen atoms in total. The standard InChI is InChI=1S/C17H25NO2/c1-17(2)8-6-14(7-9-17)18-12-13-4-3-5-15-16(13)20-11-10-19-15/h3-5,14,18H,6-12H2,1-2H3. The smallest absolute Gasteiger partial charge is 0.165 e. The van der Waals surface area contributed by atoms with E-state index in [9.17, 15) is 0 Å². The average molecular weight is 275 g/mol. The molecule has 0 amide bonds. The molecule has 110 valence electrons. The van der Waals surface area contributed by atoms with Gasteiger partial charge in [0.1, 0.15) is 13.2 Å². The Morgan fingerprint density at radius 1 is 1.15 bits per heavy atom. The van der Waals surface area contributed by atoms with Crippen molar-refractivity contribution in [2.75, 3.05) is 13.2 Å². The summed E-state index contributed by atoms with van der Waals surface area (Å²) in [5, 5.41) is 3.69. The second-order valence-electron chi connectivity index (χ2n) is 6.76. The molecule has 1 heterocycles. The highest BCUT2D eigenvalue weighted by Crippen LogP contribution is 2.36. The number of benzene rings is 1. The van der Waals surface area contributed by atoms with Crippen LogP contribution in [-0.4, -0.2) is 19.3 Å². The van der Waals surface area contributed by atoms with Crippen molar-refractivity contribution in [2.24, 2.45) is 5.41 Å². The molecule has 1 aromatic carbocycles. The minimum absolute atomic E-state index is 0.529. The Kier molecular flexibility index (Phi) is 3.88. The Bertz CT molecular complexity index is 460. The fraction of sp³-hybridized carbons (Fsp3) is 0.647. The normalized spacial score (nSPS) is 21.7. The van der Waals surface area contributed by atoms with Crippen LogP contribution in [0.1, 0.15) is 45.1 Å². The van der Waals surface area contributed by atoms with Crippen molar-refractivity contribution in [2.45, 2.75) is 52.1 Å². The predicted molar refractivity (Wildman–Crippen MR) is 80.3 cm³/mol. The Morgan fingerprint density at radius 2 is 1.90 bits per heavy atom. The van der Waals surface area contributed by atoms with Gasteiger partial charge in [0, 0.05) is 18.2 Å². The molecular weight excluding hydrogens is 250 g/mol. The molecule has 1 N–H and O–H groups in total. The monoisotopic (exact) mass is 275 g/mol. The SMILES string of the molecule is CC1(C)CCC(NCc2cccc3c2OCCO3)CC1. The molecule has 0 atom stereocenters. The molecule has 1 aliphatic carbocycles. The summed E-state index contributed by atoms with van der Waals surface area (Å²) in [6, 6.07) is 6.81. The van der Waals surface area contributed by atoms with E-state index in [0.717, 1.165) is 18.0 Å². The Morgan fingerprint density at radius 3 is 2.70 bits per heavy atom. The van der Waals surface area contributed by atoms with E-state index >= 15 is 0 Å². The fourth-order valence-corrected chi connectivity index (χ4v) is 3.13. The van der Waals surface area contributed by atoms with Crippen LogP contribution < -0.4 is 14.8 Å². The van der Waals surface area contributed by atoms with Crippen molar-refractivity contribution in [3.05, 3.63) is 23.8 Å². The predicted octanol–water partition coefficient (Wildman–Crippen LogP) is 3.52. The number of fused-ring (bicyclic) bond motifs is 1. The van der Waals surface area contributed by atoms with Gasteiger partial charge < -0.3 is 14.8 Å². The van der Waals surface area contributed by atoms with Gasteiger partial charge in [0.2, 0.25) is 0 Å². The Hall–Kier alpha value is -1.22. The summed E-state index contributed by atoms with van der Waals surface area (Å²) in [6.07, 6.45) is 5.19. The Labute approximate surface area is 121 Å². The van der Waals surface area contributed by atoms with Crippen LogP contribution in [0.25, 0.3) is 0 Å². The van der Waals surface area contributed by atoms with Crippen LogP contribution in [0.3, 0.4) is 0 Å². The van der Waals surface area contributed by atoms with E-state index in [1.54, 1.807) is 0 Å². The topological polar surface area (TPSA) is 30.5 Å². The second-order valence-corrected chi connectivity index (χ2v) is 6.76. The third kappa shape index (κ3) is 3.09. The molecule has 1 aliphatic heterocycles. The minimum Gasteiger partial charge on any atom is -0.486 e. The Balaban J connectivity index is 1.59. The van der Waals surface area contributed by atoms with Crippen molar-refractivity contribution in [1.29, 1.82) is 0 Å². The van der Waals surface area contributed by atoms with E-state index in [4.69, 9.17) is 9.47 Å². The van der Waals surface area contributed by atoms with Crippen LogP contribution in [-0.2, 0) is 6.54 Å². The lowest BCUT2D eigenvalue weighted by atomic mass is 9.75. The maximum absolute atomic E-state index is 5.76. The summed E-state index contributed by atoms with van der Waals surface area (Å²) in [6.45, 7) is 6.94. The molecule has 3 heteroatoms. The quantitative estimate of drug-likeness (QED) is 0.915. The van der Waals surface area contributed by atoms with E-state index in [0.29, 0.717) is 24.7 Å². The molecule has 2 aliphatic rings. The van der Waals surface area contributed by atoms with Gasteiger partial charge in [0.15, 0.2) is 11.5 Å². The van der Waals surface area contributed by atoms with Gasteiger partial charge >= 0.3 is 0 Å². The lowest BCUT2D eigenvalue weighted by Gasteiger charge is -2.35. The fourth-order valence-electron chi connectivity index (χ4n) is 3.13. The van der Waals surface area contributed by atoms with Gasteiger partial charge in [-0.25, -0.2) is 0 Å². The molecule has 3 rings (SSSR count). The molecule has 0 bridgehead atoms. The van der Waals surface area contributed by atoms with Crippen LogP contribution in [0.4, 0.5) is 0 Å². The highest BCUT2D eigenvalue weighted by atomic mass is 16.6. The summed E-state index contributed by atoms with van der Waals surface area (Å²) in [5.74, 6) is 1.82. The molecule has 0 aromatic heterocycles. The van der Waals surface area contributed by atoms with Gasteiger partial charge in [-0.2, -0.15) is 0 Å². The van der Waals surface area contributed by atoms with Gasteiger partial charge in [-0.1, -0.05) is 26.0 Å². The third-order valence-corrected chi connectivity index (χ3v) is 4.57. The summed E-state index contributed by atoms with van der Waals surface area (Å²) in [4.78, 5) is 0. The maximum atomic E-state index is 5.76. The molecule has 20 heavy (non-hydrogen) atoms. The third-order valence-electron chi connectivity index (χ3n) is 4.57. The number of hydrogen-bond acceptors (Lipinski definition) is 3. The number of rotatable bonds is 3. The van der Waals surface area contributed by atoms with Gasteiger partial charge in [0.25, 0.3) is 0 Å². The first-order valence-corrected chi connectivity index (χ1v) is 7.75. The molecule has 0 spiro atoms. The van der Waals surface area contributed by atoms with Crippen molar-refractivity contribution >= 4 is 0 Å². The molecule has 0 unspecified atom stereocenters. The van der Waals surface area contributed by atoms with Gasteiger partial charge in [-0.15, -0.1) is 0 Å². The van der Waals surface area contributed by atoms with Gasteiger partial charge in [-0.05, 0) is 37.2 Å². The van der Waals surface area contributed by atoms with Crippen molar-refractivity contribution in [1.82, 2.24) is 5.32 Å². The average Bonchev–Trinajstić information content (AvgIpc) is 2.46. The first-order valence-electron chi connectivity index (χ1n) is 7.75. The van der Waals surface area contributed by atoms with Crippen molar-refractivity contribution in [3.63, 3.8) is 0 Å². The van der Waals surface area contributed by atoms with Crippen LogP contribution >= 0.6 is 0 Å². The van der Waals surface area contributed by atoms with Crippen LogP contribution in [0.15, 0.2) is 18.2 Å². The molecule has 1 aromatic rings. The molecule has 0 saturated heterocycles. The summed E-state index contributed by atoms with van der Waals surface area (Å²) >= 11 is 0. The zero-order valence-corrected chi connectivity index (χ0v) is 12.6. The number of nitrogens with one attached hydrogen (secondary N) is 1. The van der Waals surface area contributed by atoms with Crippen LogP contribution in [0.5, 0.6) is 11.5 Å². The van der Waals surface area contributed by atoms with Crippen LogP contribution in [0, 0.1) is 5.41 Å². The second kappa shape index (κ2) is 5.65. The number of ether oxygens (including phenoxy) is 2. The highest BCUT2D eigenvalue weighted by molar-refractivity contribution is 5.47. The summed E-state index contributed by atoms with van der Waals surface area (Å²) < 4.78 is 11.4. The number of para-hydroxylation sites is 1. The zero-order valence-electron chi connectivity index (χ0n) is 12.6. The lowest BCUT2D eigenvalue weighted by molar-refractivity contribution is 0.168. The minimum atomic E-state index is 0.529. The number of hydrogen-bond donors (Lipinski definition) is 1. The summed E-state index contributed by atoms with van der Waals surface area (Å²) in [7, 11) is 0. The first-order chi connectivity index (χ1) is 9.64. The van der Waals surface area contributed by atoms with E-state index < -0.39 is 0 Å². The molecule has 0 radical (unpaired) electrons. The van der Waals surface area contributed by atoms with E-state index in [2.05, 4.69) is 31.3 Å². The molecule has 1 saturated carbocycles. The van der Waals surface area contributed by atoms with Crippen LogP contribution in [0.2, 0.25) is 0 Å². The largest absolute Gasteiger partial charge is 0.486 e. The maximum Gasteiger partial charge on any atom is 0.165 e. The van der Waals surface area contributed by atoms with E-state index in [-0.39, 0.29) is 0 Å². The van der Waals surface area contributed by atoms with Gasteiger partial charge in [-0.3, -0.25) is 0 Å². The lowest BCUT2D eigenvalue weighted by Crippen LogP contribution is -2.35.